The minimum Gasteiger partial charge on any atom is -0.339 e. The maximum atomic E-state index is 12.6. The Kier molecular flexibility index (Phi) is 4.99. The maximum Gasteiger partial charge on any atom is 0.243 e. The summed E-state index contributed by atoms with van der Waals surface area (Å²) < 4.78 is 26.6. The number of piperazine rings is 1. The third kappa shape index (κ3) is 3.57. The topological polar surface area (TPSA) is 69.7 Å². The Morgan fingerprint density at radius 1 is 1.04 bits per heavy atom. The van der Waals surface area contributed by atoms with Gasteiger partial charge in [0.2, 0.25) is 15.9 Å². The summed E-state index contributed by atoms with van der Waals surface area (Å²) in [6, 6.07) is 8.37. The average molecular weight is 337 g/mol. The number of nitrogens with zero attached hydrogens (tertiary/aromatic N) is 2. The van der Waals surface area contributed by atoms with E-state index >= 15 is 0 Å². The highest BCUT2D eigenvalue weighted by Gasteiger charge is 2.32. The quantitative estimate of drug-likeness (QED) is 0.880. The molecule has 1 unspecified atom stereocenters. The predicted molar refractivity (Wildman–Crippen MR) is 87.4 cm³/mol. The minimum absolute atomic E-state index is 0.0963. The lowest BCUT2D eigenvalue weighted by Gasteiger charge is -2.36. The molecule has 0 saturated carbocycles. The molecule has 2 saturated heterocycles. The zero-order valence-corrected chi connectivity index (χ0v) is 14.0. The highest BCUT2D eigenvalue weighted by molar-refractivity contribution is 7.89. The van der Waals surface area contributed by atoms with Gasteiger partial charge in [-0.1, -0.05) is 24.6 Å². The lowest BCUT2D eigenvalue weighted by Crippen LogP contribution is -2.55. The molecule has 126 valence electrons. The van der Waals surface area contributed by atoms with E-state index < -0.39 is 10.0 Å². The fourth-order valence-corrected chi connectivity index (χ4v) is 4.62. The number of hydrogen-bond donors (Lipinski definition) is 1. The Bertz CT molecular complexity index is 634. The lowest BCUT2D eigenvalue weighted by molar-refractivity contribution is -0.135. The van der Waals surface area contributed by atoms with Crippen LogP contribution in [0.3, 0.4) is 0 Å². The number of sulfonamides is 1. The van der Waals surface area contributed by atoms with Crippen molar-refractivity contribution in [1.29, 1.82) is 0 Å². The molecule has 0 radical (unpaired) electrons. The van der Waals surface area contributed by atoms with Crippen molar-refractivity contribution in [2.45, 2.75) is 30.2 Å². The summed E-state index contributed by atoms with van der Waals surface area (Å²) >= 11 is 0. The Morgan fingerprint density at radius 3 is 2.35 bits per heavy atom. The van der Waals surface area contributed by atoms with E-state index in [2.05, 4.69) is 5.32 Å². The van der Waals surface area contributed by atoms with Crippen LogP contribution in [0.4, 0.5) is 0 Å². The van der Waals surface area contributed by atoms with Crippen LogP contribution >= 0.6 is 0 Å². The summed E-state index contributed by atoms with van der Waals surface area (Å²) in [5, 5.41) is 3.26. The standard InChI is InChI=1S/C16H23N3O3S/c20-16(15-8-4-5-9-17-15)18-10-12-19(13-11-18)23(21,22)14-6-2-1-3-7-14/h1-3,6-7,15,17H,4-5,8-13H2. The fraction of sp³-hybridized carbons (Fsp3) is 0.562. The minimum atomic E-state index is -3.46. The highest BCUT2D eigenvalue weighted by atomic mass is 32.2. The second-order valence-corrected chi connectivity index (χ2v) is 7.98. The SMILES string of the molecule is O=C(C1CCCCN1)N1CCN(S(=O)(=O)c2ccccc2)CC1. The van der Waals surface area contributed by atoms with Gasteiger partial charge in [-0.2, -0.15) is 4.31 Å². The maximum absolute atomic E-state index is 12.6. The van der Waals surface area contributed by atoms with Crippen molar-refractivity contribution in [2.75, 3.05) is 32.7 Å². The first-order chi connectivity index (χ1) is 11.1. The Balaban J connectivity index is 1.61. The van der Waals surface area contributed by atoms with Crippen LogP contribution in [0, 0.1) is 0 Å². The normalized spacial score (nSPS) is 23.7. The van der Waals surface area contributed by atoms with Gasteiger partial charge in [0.15, 0.2) is 0 Å². The average Bonchev–Trinajstić information content (AvgIpc) is 2.63. The van der Waals surface area contributed by atoms with E-state index in [-0.39, 0.29) is 11.9 Å². The van der Waals surface area contributed by atoms with Crippen LogP contribution in [0.2, 0.25) is 0 Å². The number of nitrogens with one attached hydrogen (secondary N) is 1. The van der Waals surface area contributed by atoms with Crippen LogP contribution in [0.15, 0.2) is 35.2 Å². The van der Waals surface area contributed by atoms with Crippen molar-refractivity contribution in [3.05, 3.63) is 30.3 Å². The largest absolute Gasteiger partial charge is 0.339 e. The highest BCUT2D eigenvalue weighted by Crippen LogP contribution is 2.18. The van der Waals surface area contributed by atoms with E-state index in [0.717, 1.165) is 25.8 Å². The van der Waals surface area contributed by atoms with E-state index in [1.54, 1.807) is 35.2 Å². The molecule has 2 fully saturated rings. The van der Waals surface area contributed by atoms with Crippen LogP contribution < -0.4 is 5.32 Å². The summed E-state index contributed by atoms with van der Waals surface area (Å²) in [5.74, 6) is 0.112. The molecule has 2 heterocycles. The molecule has 0 bridgehead atoms. The van der Waals surface area contributed by atoms with E-state index in [1.807, 2.05) is 0 Å². The first-order valence-electron chi connectivity index (χ1n) is 8.16. The number of carbonyl (C=O) groups is 1. The third-order valence-electron chi connectivity index (χ3n) is 4.54. The zero-order valence-electron chi connectivity index (χ0n) is 13.1. The molecular weight excluding hydrogens is 314 g/mol. The Hall–Kier alpha value is -1.44. The summed E-state index contributed by atoms with van der Waals surface area (Å²) in [7, 11) is -3.46. The molecule has 0 aromatic heterocycles. The summed E-state index contributed by atoms with van der Waals surface area (Å²) in [5.41, 5.74) is 0. The number of hydrogen-bond acceptors (Lipinski definition) is 4. The van der Waals surface area contributed by atoms with Gasteiger partial charge < -0.3 is 10.2 Å². The van der Waals surface area contributed by atoms with Crippen LogP contribution in [0.25, 0.3) is 0 Å². The smallest absolute Gasteiger partial charge is 0.243 e. The molecule has 2 aliphatic heterocycles. The van der Waals surface area contributed by atoms with Crippen molar-refractivity contribution in [3.8, 4) is 0 Å². The van der Waals surface area contributed by atoms with E-state index in [0.29, 0.717) is 31.1 Å². The molecule has 23 heavy (non-hydrogen) atoms. The summed E-state index contributed by atoms with van der Waals surface area (Å²) in [4.78, 5) is 14.6. The molecule has 1 aromatic rings. The predicted octanol–water partition coefficient (Wildman–Crippen LogP) is 0.662. The molecule has 2 aliphatic rings. The van der Waals surface area contributed by atoms with Crippen LogP contribution in [0.5, 0.6) is 0 Å². The second kappa shape index (κ2) is 6.98. The lowest BCUT2D eigenvalue weighted by atomic mass is 10.0. The van der Waals surface area contributed by atoms with Gasteiger partial charge in [-0.3, -0.25) is 4.79 Å². The number of carbonyl (C=O) groups excluding carboxylic acids is 1. The van der Waals surface area contributed by atoms with Crippen molar-refractivity contribution in [2.24, 2.45) is 0 Å². The van der Waals surface area contributed by atoms with E-state index in [9.17, 15) is 13.2 Å². The number of amides is 1. The van der Waals surface area contributed by atoms with Crippen LogP contribution in [-0.4, -0.2) is 62.3 Å². The monoisotopic (exact) mass is 337 g/mol. The second-order valence-electron chi connectivity index (χ2n) is 6.04. The molecule has 1 amide bonds. The summed E-state index contributed by atoms with van der Waals surface area (Å²) in [6.45, 7) is 2.52. The van der Waals surface area contributed by atoms with Gasteiger partial charge in [0.1, 0.15) is 0 Å². The van der Waals surface area contributed by atoms with Gasteiger partial charge in [-0.15, -0.1) is 0 Å². The van der Waals surface area contributed by atoms with Gasteiger partial charge in [-0.05, 0) is 31.5 Å². The first-order valence-corrected chi connectivity index (χ1v) is 9.60. The Labute approximate surface area is 137 Å². The molecule has 0 spiro atoms. The molecule has 1 aromatic carbocycles. The number of piperidine rings is 1. The zero-order chi connectivity index (χ0) is 16.3. The van der Waals surface area contributed by atoms with E-state index in [1.165, 1.54) is 4.31 Å². The molecule has 0 aliphatic carbocycles. The van der Waals surface area contributed by atoms with E-state index in [4.69, 9.17) is 0 Å². The van der Waals surface area contributed by atoms with Gasteiger partial charge >= 0.3 is 0 Å². The van der Waals surface area contributed by atoms with Gasteiger partial charge in [0.25, 0.3) is 0 Å². The fourth-order valence-electron chi connectivity index (χ4n) is 3.17. The van der Waals surface area contributed by atoms with Gasteiger partial charge in [-0.25, -0.2) is 8.42 Å². The molecule has 7 heteroatoms. The number of benzene rings is 1. The van der Waals surface area contributed by atoms with Crippen LogP contribution in [0.1, 0.15) is 19.3 Å². The molecule has 1 atom stereocenters. The van der Waals surface area contributed by atoms with Gasteiger partial charge in [0, 0.05) is 26.2 Å². The van der Waals surface area contributed by atoms with Crippen molar-refractivity contribution in [3.63, 3.8) is 0 Å². The molecule has 6 nitrogen and oxygen atoms in total. The number of rotatable bonds is 3. The van der Waals surface area contributed by atoms with Crippen molar-refractivity contribution in [1.82, 2.24) is 14.5 Å². The van der Waals surface area contributed by atoms with Crippen LogP contribution in [-0.2, 0) is 14.8 Å². The van der Waals surface area contributed by atoms with Crippen molar-refractivity contribution >= 4 is 15.9 Å². The molecule has 1 N–H and O–H groups in total. The molecular formula is C16H23N3O3S. The summed E-state index contributed by atoms with van der Waals surface area (Å²) in [6.07, 6.45) is 3.07. The third-order valence-corrected chi connectivity index (χ3v) is 6.45. The first kappa shape index (κ1) is 16.4. The van der Waals surface area contributed by atoms with Crippen molar-refractivity contribution < 1.29 is 13.2 Å². The molecule has 3 rings (SSSR count). The Morgan fingerprint density at radius 2 is 1.74 bits per heavy atom. The van der Waals surface area contributed by atoms with Gasteiger partial charge in [0.05, 0.1) is 10.9 Å².